The summed E-state index contributed by atoms with van der Waals surface area (Å²) in [4.78, 5) is 12.1. The topological polar surface area (TPSA) is 55.1 Å². The van der Waals surface area contributed by atoms with Crippen LogP contribution in [0.15, 0.2) is 36.4 Å². The van der Waals surface area contributed by atoms with Crippen LogP contribution < -0.4 is 11.1 Å². The van der Waals surface area contributed by atoms with Gasteiger partial charge in [-0.15, -0.1) is 0 Å². The van der Waals surface area contributed by atoms with Crippen molar-refractivity contribution in [2.75, 3.05) is 5.32 Å². The van der Waals surface area contributed by atoms with Crippen LogP contribution in [0.4, 0.5) is 10.1 Å². The number of aryl methyl sites for hydroxylation is 1. The van der Waals surface area contributed by atoms with Gasteiger partial charge in [-0.2, -0.15) is 0 Å². The van der Waals surface area contributed by atoms with Crippen LogP contribution in [-0.4, -0.2) is 5.91 Å². The van der Waals surface area contributed by atoms with Crippen molar-refractivity contribution in [1.29, 1.82) is 0 Å². The molecule has 0 bridgehead atoms. The second-order valence-corrected chi connectivity index (χ2v) is 6.39. The predicted octanol–water partition coefficient (Wildman–Crippen LogP) is 3.41. The first kappa shape index (κ1) is 14.7. The van der Waals surface area contributed by atoms with E-state index in [0.29, 0.717) is 16.8 Å². The highest BCUT2D eigenvalue weighted by Gasteiger charge is 2.40. The molecule has 3 N–H and O–H groups in total. The van der Waals surface area contributed by atoms with Crippen LogP contribution in [0.25, 0.3) is 0 Å². The summed E-state index contributed by atoms with van der Waals surface area (Å²) >= 11 is 0. The van der Waals surface area contributed by atoms with Crippen LogP contribution in [-0.2, 0) is 10.2 Å². The zero-order valence-corrected chi connectivity index (χ0v) is 12.9. The number of amides is 1. The molecule has 22 heavy (non-hydrogen) atoms. The molecule has 4 heteroatoms. The molecular formula is C18H19FN2O. The molecule has 0 aliphatic carbocycles. The van der Waals surface area contributed by atoms with E-state index in [1.807, 2.05) is 31.2 Å². The van der Waals surface area contributed by atoms with Gasteiger partial charge in [0.1, 0.15) is 5.82 Å². The number of benzene rings is 2. The minimum atomic E-state index is -0.751. The quantitative estimate of drug-likeness (QED) is 0.892. The van der Waals surface area contributed by atoms with E-state index in [9.17, 15) is 9.18 Å². The summed E-state index contributed by atoms with van der Waals surface area (Å²) in [7, 11) is 0. The molecule has 0 fully saturated rings. The van der Waals surface area contributed by atoms with Crippen LogP contribution in [0.5, 0.6) is 0 Å². The van der Waals surface area contributed by atoms with Crippen LogP contribution in [0, 0.1) is 12.7 Å². The van der Waals surface area contributed by atoms with E-state index in [-0.39, 0.29) is 11.7 Å². The number of rotatable bonds is 2. The molecule has 1 aliphatic heterocycles. The molecule has 0 aromatic heterocycles. The summed E-state index contributed by atoms with van der Waals surface area (Å²) in [5.74, 6) is -0.508. The molecule has 1 aliphatic rings. The van der Waals surface area contributed by atoms with Crippen molar-refractivity contribution < 1.29 is 9.18 Å². The number of nitrogens with one attached hydrogen (secondary N) is 1. The van der Waals surface area contributed by atoms with Crippen molar-refractivity contribution >= 4 is 11.6 Å². The molecule has 1 atom stereocenters. The Morgan fingerprint density at radius 1 is 1.18 bits per heavy atom. The zero-order chi connectivity index (χ0) is 16.1. The van der Waals surface area contributed by atoms with E-state index in [2.05, 4.69) is 5.32 Å². The normalized spacial score (nSPS) is 17.0. The fraction of sp³-hybridized carbons (Fsp3) is 0.278. The Bertz CT molecular complexity index is 750. The smallest absolute Gasteiger partial charge is 0.234 e. The van der Waals surface area contributed by atoms with Crippen molar-refractivity contribution in [1.82, 2.24) is 0 Å². The van der Waals surface area contributed by atoms with E-state index in [1.54, 1.807) is 13.8 Å². The molecule has 3 nitrogen and oxygen atoms in total. The molecule has 0 saturated carbocycles. The van der Waals surface area contributed by atoms with E-state index < -0.39 is 11.5 Å². The van der Waals surface area contributed by atoms with Crippen LogP contribution in [0.1, 0.15) is 42.1 Å². The fourth-order valence-electron chi connectivity index (χ4n) is 2.85. The summed E-state index contributed by atoms with van der Waals surface area (Å²) in [5, 5.41) is 2.86. The van der Waals surface area contributed by atoms with Gasteiger partial charge in [0.05, 0.1) is 17.1 Å². The number of nitrogens with two attached hydrogens (primary N) is 1. The standard InChI is InChI=1S/C18H19FN2O/c1-10-4-6-11(7-5-10)15(20)13-8-12(19)9-14-16(13)21-17(22)18(14,2)3/h4-9,15H,20H2,1-3H3,(H,21,22). The molecule has 2 aromatic rings. The number of anilines is 1. The first-order valence-electron chi connectivity index (χ1n) is 7.28. The number of hydrogen-bond acceptors (Lipinski definition) is 2. The average Bonchev–Trinajstić information content (AvgIpc) is 2.69. The number of fused-ring (bicyclic) bond motifs is 1. The zero-order valence-electron chi connectivity index (χ0n) is 12.9. The van der Waals surface area contributed by atoms with Crippen LogP contribution in [0.3, 0.4) is 0 Å². The van der Waals surface area contributed by atoms with Crippen LogP contribution >= 0.6 is 0 Å². The van der Waals surface area contributed by atoms with Crippen molar-refractivity contribution in [2.24, 2.45) is 5.73 Å². The molecule has 1 heterocycles. The van der Waals surface area contributed by atoms with Gasteiger partial charge in [-0.05, 0) is 44.0 Å². The van der Waals surface area contributed by atoms with Gasteiger partial charge in [0, 0.05) is 5.56 Å². The lowest BCUT2D eigenvalue weighted by atomic mass is 9.84. The van der Waals surface area contributed by atoms with Gasteiger partial charge in [0.15, 0.2) is 0 Å². The molecule has 0 spiro atoms. The van der Waals surface area contributed by atoms with E-state index in [0.717, 1.165) is 11.1 Å². The van der Waals surface area contributed by atoms with Gasteiger partial charge in [-0.3, -0.25) is 4.79 Å². The maximum Gasteiger partial charge on any atom is 0.234 e. The van der Waals surface area contributed by atoms with E-state index in [4.69, 9.17) is 5.73 Å². The monoisotopic (exact) mass is 298 g/mol. The van der Waals surface area contributed by atoms with Gasteiger partial charge >= 0.3 is 0 Å². The molecule has 3 rings (SSSR count). The summed E-state index contributed by atoms with van der Waals surface area (Å²) < 4.78 is 14.0. The van der Waals surface area contributed by atoms with Gasteiger partial charge in [-0.1, -0.05) is 29.8 Å². The number of carbonyl (C=O) groups excluding carboxylic acids is 1. The highest BCUT2D eigenvalue weighted by Crippen LogP contribution is 2.42. The third-order valence-electron chi connectivity index (χ3n) is 4.38. The molecule has 114 valence electrons. The maximum absolute atomic E-state index is 14.0. The Hall–Kier alpha value is -2.20. The molecule has 0 saturated heterocycles. The molecule has 2 aromatic carbocycles. The van der Waals surface area contributed by atoms with Crippen molar-refractivity contribution in [3.63, 3.8) is 0 Å². The highest BCUT2D eigenvalue weighted by molar-refractivity contribution is 6.06. The SMILES string of the molecule is Cc1ccc(C(N)c2cc(F)cc3c2NC(=O)C3(C)C)cc1. The lowest BCUT2D eigenvalue weighted by Crippen LogP contribution is -2.26. The Kier molecular flexibility index (Phi) is 3.29. The summed E-state index contributed by atoms with van der Waals surface area (Å²) in [6.07, 6.45) is 0. The Labute approximate surface area is 129 Å². The lowest BCUT2D eigenvalue weighted by molar-refractivity contribution is -0.119. The van der Waals surface area contributed by atoms with E-state index >= 15 is 0 Å². The molecule has 0 radical (unpaired) electrons. The van der Waals surface area contributed by atoms with Crippen molar-refractivity contribution in [3.05, 3.63) is 64.5 Å². The molecule has 1 unspecified atom stereocenters. The first-order valence-corrected chi connectivity index (χ1v) is 7.28. The van der Waals surface area contributed by atoms with Gasteiger partial charge < -0.3 is 11.1 Å². The minimum Gasteiger partial charge on any atom is -0.325 e. The Balaban J connectivity index is 2.13. The molecule has 1 amide bonds. The Morgan fingerprint density at radius 2 is 1.82 bits per heavy atom. The minimum absolute atomic E-state index is 0.134. The van der Waals surface area contributed by atoms with E-state index in [1.165, 1.54) is 12.1 Å². The molecular weight excluding hydrogens is 279 g/mol. The predicted molar refractivity (Wildman–Crippen MR) is 85.3 cm³/mol. The summed E-state index contributed by atoms with van der Waals surface area (Å²) in [5.41, 5.74) is 9.51. The summed E-state index contributed by atoms with van der Waals surface area (Å²) in [6.45, 7) is 5.57. The van der Waals surface area contributed by atoms with Crippen molar-refractivity contribution in [3.8, 4) is 0 Å². The number of hydrogen-bond donors (Lipinski definition) is 2. The lowest BCUT2D eigenvalue weighted by Gasteiger charge is -2.19. The van der Waals surface area contributed by atoms with Gasteiger partial charge in [0.2, 0.25) is 5.91 Å². The number of carbonyl (C=O) groups is 1. The Morgan fingerprint density at radius 3 is 2.45 bits per heavy atom. The first-order chi connectivity index (χ1) is 10.3. The van der Waals surface area contributed by atoms with Gasteiger partial charge in [-0.25, -0.2) is 4.39 Å². The third-order valence-corrected chi connectivity index (χ3v) is 4.38. The van der Waals surface area contributed by atoms with Gasteiger partial charge in [0.25, 0.3) is 0 Å². The number of halogens is 1. The maximum atomic E-state index is 14.0. The van der Waals surface area contributed by atoms with Crippen LogP contribution in [0.2, 0.25) is 0 Å². The second kappa shape index (κ2) is 4.92. The largest absolute Gasteiger partial charge is 0.325 e. The highest BCUT2D eigenvalue weighted by atomic mass is 19.1. The fourth-order valence-corrected chi connectivity index (χ4v) is 2.85. The second-order valence-electron chi connectivity index (χ2n) is 6.39. The van der Waals surface area contributed by atoms with Crippen molar-refractivity contribution in [2.45, 2.75) is 32.2 Å². The summed E-state index contributed by atoms with van der Waals surface area (Å²) in [6, 6.07) is 10.1. The third kappa shape index (κ3) is 2.20. The average molecular weight is 298 g/mol.